The lowest BCUT2D eigenvalue weighted by molar-refractivity contribution is -0.198. The average molecular weight is 444 g/mol. The normalized spacial score (nSPS) is 12.2. The fourth-order valence-electron chi connectivity index (χ4n) is 2.69. The number of halogens is 3. The van der Waals surface area contributed by atoms with Crippen LogP contribution >= 0.6 is 0 Å². The van der Waals surface area contributed by atoms with Crippen LogP contribution < -0.4 is 0 Å². The van der Waals surface area contributed by atoms with Crippen LogP contribution in [0, 0.1) is 0 Å². The van der Waals surface area contributed by atoms with Gasteiger partial charge < -0.3 is 9.47 Å². The summed E-state index contributed by atoms with van der Waals surface area (Å²) in [6.07, 6.45) is -4.22. The molecule has 0 aliphatic heterocycles. The van der Waals surface area contributed by atoms with Gasteiger partial charge in [-0.3, -0.25) is 9.97 Å². The summed E-state index contributed by atoms with van der Waals surface area (Å²) >= 11 is 0. The summed E-state index contributed by atoms with van der Waals surface area (Å²) in [6, 6.07) is 13.4. The number of alkyl halides is 3. The monoisotopic (exact) mass is 444 g/mol. The van der Waals surface area contributed by atoms with Gasteiger partial charge in [-0.25, -0.2) is 9.59 Å². The van der Waals surface area contributed by atoms with Crippen LogP contribution in [0.2, 0.25) is 0 Å². The molecule has 0 unspecified atom stereocenters. The maximum Gasteiger partial charge on any atom is 0.425 e. The molecule has 0 bridgehead atoms. The second-order valence-corrected chi connectivity index (χ2v) is 6.75. The maximum absolute atomic E-state index is 12.5. The summed E-state index contributed by atoms with van der Waals surface area (Å²) in [5.74, 6) is -1.53. The Morgan fingerprint density at radius 3 is 1.69 bits per heavy atom. The zero-order valence-electron chi connectivity index (χ0n) is 17.2. The zero-order valence-corrected chi connectivity index (χ0v) is 17.2. The quantitative estimate of drug-likeness (QED) is 0.493. The van der Waals surface area contributed by atoms with Crippen LogP contribution in [-0.2, 0) is 9.47 Å². The summed E-state index contributed by atoms with van der Waals surface area (Å²) in [4.78, 5) is 32.0. The Kier molecular flexibility index (Phi) is 6.87. The molecule has 0 aliphatic carbocycles. The number of hydrogen-bond donors (Lipinski definition) is 0. The Bertz CT molecular complexity index is 1080. The molecular formula is C23H19F3N2O4. The van der Waals surface area contributed by atoms with Crippen LogP contribution in [-0.4, -0.2) is 40.8 Å². The molecule has 1 aromatic carbocycles. The van der Waals surface area contributed by atoms with Crippen molar-refractivity contribution in [3.05, 3.63) is 72.1 Å². The molecule has 3 aromatic rings. The van der Waals surface area contributed by atoms with Gasteiger partial charge in [0, 0.05) is 23.5 Å². The largest absolute Gasteiger partial charge is 0.462 e. The van der Waals surface area contributed by atoms with E-state index in [1.165, 1.54) is 24.5 Å². The van der Waals surface area contributed by atoms with Crippen molar-refractivity contribution >= 4 is 11.9 Å². The third kappa shape index (κ3) is 5.48. The molecule has 0 N–H and O–H groups in total. The Morgan fingerprint density at radius 2 is 1.31 bits per heavy atom. The number of carbonyl (C=O) groups is 2. The summed E-state index contributed by atoms with van der Waals surface area (Å²) < 4.78 is 46.9. The van der Waals surface area contributed by atoms with Gasteiger partial charge in [-0.15, -0.1) is 0 Å². The van der Waals surface area contributed by atoms with Gasteiger partial charge >= 0.3 is 18.1 Å². The van der Waals surface area contributed by atoms with Gasteiger partial charge in [0.1, 0.15) is 0 Å². The SMILES string of the molecule is CCOC(=O)c1ccc(-c2ccc(-c3ccc(C(=O)O[C@@H](C)C(F)(F)F)cn3)cc2)nc1. The zero-order chi connectivity index (χ0) is 23.3. The molecule has 3 rings (SSSR count). The molecule has 0 amide bonds. The number of pyridine rings is 2. The molecule has 0 radical (unpaired) electrons. The second-order valence-electron chi connectivity index (χ2n) is 6.75. The van der Waals surface area contributed by atoms with E-state index in [2.05, 4.69) is 14.7 Å². The molecule has 1 atom stereocenters. The number of ether oxygens (including phenoxy) is 2. The molecule has 0 saturated heterocycles. The van der Waals surface area contributed by atoms with Crippen molar-refractivity contribution < 1.29 is 32.2 Å². The van der Waals surface area contributed by atoms with Gasteiger partial charge in [0.05, 0.1) is 29.1 Å². The first-order valence-electron chi connectivity index (χ1n) is 9.66. The summed E-state index contributed by atoms with van der Waals surface area (Å²) in [7, 11) is 0. The van der Waals surface area contributed by atoms with Gasteiger partial charge in [0.2, 0.25) is 0 Å². The average Bonchev–Trinajstić information content (AvgIpc) is 2.79. The van der Waals surface area contributed by atoms with Gasteiger partial charge in [0.25, 0.3) is 0 Å². The predicted octanol–water partition coefficient (Wildman–Crippen LogP) is 5.09. The maximum atomic E-state index is 12.5. The molecule has 166 valence electrons. The van der Waals surface area contributed by atoms with Crippen molar-refractivity contribution in [2.24, 2.45) is 0 Å². The first-order chi connectivity index (χ1) is 15.2. The molecule has 6 nitrogen and oxygen atoms in total. The van der Waals surface area contributed by atoms with Gasteiger partial charge in [-0.05, 0) is 38.1 Å². The standard InChI is InChI=1S/C23H19F3N2O4/c1-3-31-21(29)17-8-10-19(27-12-17)15-4-6-16(7-5-15)20-11-9-18(13-28-20)22(30)32-14(2)23(24,25)26/h4-14H,3H2,1-2H3/t14-/m0/s1. The van der Waals surface area contributed by atoms with Crippen LogP contribution in [0.1, 0.15) is 34.6 Å². The number of hydrogen-bond acceptors (Lipinski definition) is 6. The van der Waals surface area contributed by atoms with E-state index >= 15 is 0 Å². The van der Waals surface area contributed by atoms with Gasteiger partial charge in [0.15, 0.2) is 6.10 Å². The lowest BCUT2D eigenvalue weighted by Gasteiger charge is -2.16. The van der Waals surface area contributed by atoms with Crippen molar-refractivity contribution in [3.8, 4) is 22.5 Å². The molecule has 0 spiro atoms. The van der Waals surface area contributed by atoms with E-state index in [1.54, 1.807) is 31.2 Å². The Morgan fingerprint density at radius 1 is 0.844 bits per heavy atom. The number of carbonyl (C=O) groups excluding carboxylic acids is 2. The van der Waals surface area contributed by atoms with Crippen molar-refractivity contribution in [2.75, 3.05) is 6.61 Å². The Balaban J connectivity index is 1.70. The molecule has 0 fully saturated rings. The Labute approximate surface area is 182 Å². The molecule has 2 aromatic heterocycles. The number of esters is 2. The number of aromatic nitrogens is 2. The molecule has 0 aliphatic rings. The second kappa shape index (κ2) is 9.59. The van der Waals surface area contributed by atoms with E-state index in [0.717, 1.165) is 18.1 Å². The van der Waals surface area contributed by atoms with E-state index in [4.69, 9.17) is 4.74 Å². The van der Waals surface area contributed by atoms with Crippen molar-refractivity contribution in [1.82, 2.24) is 9.97 Å². The van der Waals surface area contributed by atoms with Crippen LogP contribution in [0.25, 0.3) is 22.5 Å². The van der Waals surface area contributed by atoms with Crippen LogP contribution in [0.4, 0.5) is 13.2 Å². The topological polar surface area (TPSA) is 78.4 Å². The van der Waals surface area contributed by atoms with E-state index in [-0.39, 0.29) is 12.2 Å². The molecular weight excluding hydrogens is 425 g/mol. The minimum absolute atomic E-state index is 0.0765. The minimum atomic E-state index is -4.63. The van der Waals surface area contributed by atoms with E-state index < -0.39 is 24.2 Å². The lowest BCUT2D eigenvalue weighted by atomic mass is 10.1. The fraction of sp³-hybridized carbons (Fsp3) is 0.217. The molecule has 32 heavy (non-hydrogen) atoms. The highest BCUT2D eigenvalue weighted by Gasteiger charge is 2.39. The van der Waals surface area contributed by atoms with E-state index in [1.807, 2.05) is 12.1 Å². The van der Waals surface area contributed by atoms with Gasteiger partial charge in [-0.1, -0.05) is 24.3 Å². The molecule has 0 saturated carbocycles. The fourth-order valence-corrected chi connectivity index (χ4v) is 2.69. The summed E-state index contributed by atoms with van der Waals surface area (Å²) in [6.45, 7) is 2.77. The molecule has 2 heterocycles. The van der Waals surface area contributed by atoms with Crippen molar-refractivity contribution in [2.45, 2.75) is 26.1 Å². The van der Waals surface area contributed by atoms with E-state index in [9.17, 15) is 22.8 Å². The minimum Gasteiger partial charge on any atom is -0.462 e. The van der Waals surface area contributed by atoms with Crippen molar-refractivity contribution in [3.63, 3.8) is 0 Å². The third-order valence-electron chi connectivity index (χ3n) is 4.50. The predicted molar refractivity (Wildman–Crippen MR) is 110 cm³/mol. The van der Waals surface area contributed by atoms with E-state index in [0.29, 0.717) is 17.0 Å². The highest BCUT2D eigenvalue weighted by atomic mass is 19.4. The number of nitrogens with zero attached hydrogens (tertiary/aromatic N) is 2. The first kappa shape index (κ1) is 22.9. The van der Waals surface area contributed by atoms with Crippen LogP contribution in [0.3, 0.4) is 0 Å². The highest BCUT2D eigenvalue weighted by Crippen LogP contribution is 2.25. The third-order valence-corrected chi connectivity index (χ3v) is 4.50. The number of benzene rings is 1. The smallest absolute Gasteiger partial charge is 0.425 e. The van der Waals surface area contributed by atoms with Crippen LogP contribution in [0.5, 0.6) is 0 Å². The number of rotatable bonds is 6. The lowest BCUT2D eigenvalue weighted by Crippen LogP contribution is -2.30. The van der Waals surface area contributed by atoms with Crippen molar-refractivity contribution in [1.29, 1.82) is 0 Å². The summed E-state index contributed by atoms with van der Waals surface area (Å²) in [5, 5.41) is 0. The van der Waals surface area contributed by atoms with Gasteiger partial charge in [-0.2, -0.15) is 13.2 Å². The molecule has 9 heteroatoms. The summed E-state index contributed by atoms with van der Waals surface area (Å²) in [5.41, 5.74) is 3.02. The first-order valence-corrected chi connectivity index (χ1v) is 9.66. The Hall–Kier alpha value is -3.75. The van der Waals surface area contributed by atoms with Crippen LogP contribution in [0.15, 0.2) is 60.9 Å². The highest BCUT2D eigenvalue weighted by molar-refractivity contribution is 5.90.